The molecule has 0 spiro atoms. The summed E-state index contributed by atoms with van der Waals surface area (Å²) in [7, 11) is 0. The minimum absolute atomic E-state index is 0.0504. The predicted octanol–water partition coefficient (Wildman–Crippen LogP) is 4.19. The highest BCUT2D eigenvalue weighted by atomic mass is 35.5. The molecule has 0 aliphatic heterocycles. The first kappa shape index (κ1) is 14.8. The number of rotatable bonds is 3. The van der Waals surface area contributed by atoms with E-state index in [1.54, 1.807) is 6.07 Å². The van der Waals surface area contributed by atoms with Crippen molar-refractivity contribution in [3.63, 3.8) is 0 Å². The zero-order valence-corrected chi connectivity index (χ0v) is 12.4. The van der Waals surface area contributed by atoms with E-state index in [0.29, 0.717) is 11.4 Å². The lowest BCUT2D eigenvalue weighted by atomic mass is 10.1. The average molecular weight is 325 g/mol. The molecule has 0 aliphatic carbocycles. The van der Waals surface area contributed by atoms with E-state index in [4.69, 9.17) is 11.6 Å². The van der Waals surface area contributed by atoms with Gasteiger partial charge in [-0.2, -0.15) is 5.26 Å². The molecule has 7 heteroatoms. The zero-order valence-electron chi connectivity index (χ0n) is 11.7. The molecule has 0 aliphatic rings. The molecule has 112 valence electrons. The van der Waals surface area contributed by atoms with E-state index in [1.807, 2.05) is 24.3 Å². The van der Waals surface area contributed by atoms with Crippen molar-refractivity contribution in [3.05, 3.63) is 69.0 Å². The van der Waals surface area contributed by atoms with Gasteiger partial charge in [-0.15, -0.1) is 0 Å². The molecule has 0 radical (unpaired) electrons. The largest absolute Gasteiger partial charge is 0.337 e. The SMILES string of the molecule is N#CC(=Cc1ccc(Cl)c([N+](=O)[O-])c1)c1nc2ccccc2[nH]1. The van der Waals surface area contributed by atoms with Crippen LogP contribution in [0.4, 0.5) is 5.69 Å². The minimum Gasteiger partial charge on any atom is -0.337 e. The number of halogens is 1. The van der Waals surface area contributed by atoms with E-state index in [2.05, 4.69) is 16.0 Å². The molecular weight excluding hydrogens is 316 g/mol. The van der Waals surface area contributed by atoms with Gasteiger partial charge in [0.2, 0.25) is 0 Å². The van der Waals surface area contributed by atoms with E-state index in [0.717, 1.165) is 11.0 Å². The normalized spacial score (nSPS) is 11.4. The number of nitriles is 1. The summed E-state index contributed by atoms with van der Waals surface area (Å²) in [5.74, 6) is 0.409. The van der Waals surface area contributed by atoms with Crippen molar-refractivity contribution in [1.29, 1.82) is 5.26 Å². The maximum atomic E-state index is 10.9. The molecule has 1 heterocycles. The third-order valence-electron chi connectivity index (χ3n) is 3.24. The fourth-order valence-electron chi connectivity index (χ4n) is 2.16. The van der Waals surface area contributed by atoms with E-state index in [9.17, 15) is 15.4 Å². The fourth-order valence-corrected chi connectivity index (χ4v) is 2.35. The van der Waals surface area contributed by atoms with Gasteiger partial charge in [-0.05, 0) is 29.8 Å². The number of nitrogens with one attached hydrogen (secondary N) is 1. The molecule has 1 N–H and O–H groups in total. The summed E-state index contributed by atoms with van der Waals surface area (Å²) in [5, 5.41) is 20.3. The van der Waals surface area contributed by atoms with Crippen LogP contribution in [0.15, 0.2) is 42.5 Å². The summed E-state index contributed by atoms with van der Waals surface area (Å²) < 4.78 is 0. The van der Waals surface area contributed by atoms with E-state index < -0.39 is 4.92 Å². The number of nitrogens with zero attached hydrogens (tertiary/aromatic N) is 3. The smallest absolute Gasteiger partial charge is 0.288 e. The van der Waals surface area contributed by atoms with Crippen LogP contribution in [0.1, 0.15) is 11.4 Å². The molecule has 0 amide bonds. The van der Waals surface area contributed by atoms with Gasteiger partial charge < -0.3 is 4.98 Å². The number of nitro groups is 1. The van der Waals surface area contributed by atoms with Gasteiger partial charge in [0, 0.05) is 6.07 Å². The molecule has 0 unspecified atom stereocenters. The Morgan fingerprint density at radius 1 is 1.35 bits per heavy atom. The summed E-state index contributed by atoms with van der Waals surface area (Å²) in [6.45, 7) is 0. The van der Waals surface area contributed by atoms with Crippen LogP contribution >= 0.6 is 11.6 Å². The Morgan fingerprint density at radius 3 is 2.83 bits per heavy atom. The van der Waals surface area contributed by atoms with Crippen LogP contribution < -0.4 is 0 Å². The number of hydrogen-bond acceptors (Lipinski definition) is 4. The Balaban J connectivity index is 2.07. The Labute approximate surface area is 135 Å². The van der Waals surface area contributed by atoms with Gasteiger partial charge in [0.1, 0.15) is 16.9 Å². The van der Waals surface area contributed by atoms with Gasteiger partial charge in [0.05, 0.1) is 21.5 Å². The van der Waals surface area contributed by atoms with Crippen LogP contribution in [-0.2, 0) is 0 Å². The number of aromatic amines is 1. The molecule has 23 heavy (non-hydrogen) atoms. The maximum absolute atomic E-state index is 10.9. The third-order valence-corrected chi connectivity index (χ3v) is 3.56. The number of aromatic nitrogens is 2. The molecule has 1 aromatic heterocycles. The van der Waals surface area contributed by atoms with Crippen molar-refractivity contribution in [1.82, 2.24) is 9.97 Å². The average Bonchev–Trinajstić information content (AvgIpc) is 2.97. The van der Waals surface area contributed by atoms with Gasteiger partial charge >= 0.3 is 0 Å². The molecular formula is C16H9ClN4O2. The zero-order chi connectivity index (χ0) is 16.4. The first-order chi connectivity index (χ1) is 11.1. The summed E-state index contributed by atoms with van der Waals surface area (Å²) in [6.07, 6.45) is 1.53. The van der Waals surface area contributed by atoms with Gasteiger partial charge in [-0.25, -0.2) is 4.98 Å². The van der Waals surface area contributed by atoms with Crippen molar-refractivity contribution >= 4 is 40.0 Å². The highest BCUT2D eigenvalue weighted by molar-refractivity contribution is 6.32. The molecule has 6 nitrogen and oxygen atoms in total. The number of fused-ring (bicyclic) bond motifs is 1. The number of para-hydroxylation sites is 2. The highest BCUT2D eigenvalue weighted by Crippen LogP contribution is 2.27. The van der Waals surface area contributed by atoms with Crippen LogP contribution in [-0.4, -0.2) is 14.9 Å². The van der Waals surface area contributed by atoms with Crippen molar-refractivity contribution < 1.29 is 4.92 Å². The van der Waals surface area contributed by atoms with Crippen LogP contribution in [0.3, 0.4) is 0 Å². The Hall–Kier alpha value is -3.17. The van der Waals surface area contributed by atoms with Crippen molar-refractivity contribution in [2.75, 3.05) is 0 Å². The first-order valence-electron chi connectivity index (χ1n) is 6.59. The lowest BCUT2D eigenvalue weighted by Crippen LogP contribution is -1.90. The number of H-pyrrole nitrogens is 1. The summed E-state index contributed by atoms with van der Waals surface area (Å²) in [6, 6.07) is 13.8. The van der Waals surface area contributed by atoms with Crippen LogP contribution in [0.25, 0.3) is 22.7 Å². The Kier molecular flexibility index (Phi) is 3.79. The van der Waals surface area contributed by atoms with Crippen LogP contribution in [0, 0.1) is 21.4 Å². The van der Waals surface area contributed by atoms with Gasteiger partial charge in [-0.1, -0.05) is 29.8 Å². The number of nitro benzene ring substituents is 1. The second-order valence-corrected chi connectivity index (χ2v) is 5.15. The molecule has 3 aromatic rings. The minimum atomic E-state index is -0.563. The van der Waals surface area contributed by atoms with E-state index >= 15 is 0 Å². The standard InChI is InChI=1S/C16H9ClN4O2/c17-12-6-5-10(8-15(12)21(22)23)7-11(9-18)16-19-13-3-1-2-4-14(13)20-16/h1-8H,(H,19,20). The maximum Gasteiger partial charge on any atom is 0.288 e. The molecule has 0 saturated carbocycles. The molecule has 0 fully saturated rings. The molecule has 0 atom stereocenters. The Bertz CT molecular complexity index is 952. The quantitative estimate of drug-likeness (QED) is 0.444. The summed E-state index contributed by atoms with van der Waals surface area (Å²) in [5.41, 5.74) is 2.12. The monoisotopic (exact) mass is 324 g/mol. The van der Waals surface area contributed by atoms with Crippen molar-refractivity contribution in [3.8, 4) is 6.07 Å². The molecule has 0 saturated heterocycles. The Morgan fingerprint density at radius 2 is 2.13 bits per heavy atom. The van der Waals surface area contributed by atoms with Crippen molar-refractivity contribution in [2.45, 2.75) is 0 Å². The first-order valence-corrected chi connectivity index (χ1v) is 6.97. The van der Waals surface area contributed by atoms with Crippen molar-refractivity contribution in [2.24, 2.45) is 0 Å². The van der Waals surface area contributed by atoms with Crippen LogP contribution in [0.2, 0.25) is 5.02 Å². The molecule has 2 aromatic carbocycles. The number of hydrogen-bond donors (Lipinski definition) is 1. The second kappa shape index (κ2) is 5.91. The van der Waals surface area contributed by atoms with Gasteiger partial charge in [0.25, 0.3) is 5.69 Å². The summed E-state index contributed by atoms with van der Waals surface area (Å²) in [4.78, 5) is 17.8. The number of benzene rings is 2. The predicted molar refractivity (Wildman–Crippen MR) is 87.7 cm³/mol. The lowest BCUT2D eigenvalue weighted by Gasteiger charge is -1.98. The van der Waals surface area contributed by atoms with E-state index in [1.165, 1.54) is 18.2 Å². The van der Waals surface area contributed by atoms with Crippen LogP contribution in [0.5, 0.6) is 0 Å². The van der Waals surface area contributed by atoms with Gasteiger partial charge in [0.15, 0.2) is 0 Å². The fraction of sp³-hybridized carbons (Fsp3) is 0. The third kappa shape index (κ3) is 2.91. The lowest BCUT2D eigenvalue weighted by molar-refractivity contribution is -0.384. The van der Waals surface area contributed by atoms with Gasteiger partial charge in [-0.3, -0.25) is 10.1 Å². The second-order valence-electron chi connectivity index (χ2n) is 4.74. The number of allylic oxidation sites excluding steroid dienone is 1. The molecule has 3 rings (SSSR count). The molecule has 0 bridgehead atoms. The highest BCUT2D eigenvalue weighted by Gasteiger charge is 2.13. The topological polar surface area (TPSA) is 95.6 Å². The number of imidazole rings is 1. The summed E-state index contributed by atoms with van der Waals surface area (Å²) >= 11 is 5.79. The van der Waals surface area contributed by atoms with E-state index in [-0.39, 0.29) is 16.3 Å².